The second-order valence-electron chi connectivity index (χ2n) is 4.42. The van der Waals surface area contributed by atoms with Crippen LogP contribution < -0.4 is 9.46 Å². The van der Waals surface area contributed by atoms with Crippen molar-refractivity contribution >= 4 is 44.6 Å². The molecule has 2 aromatic heterocycles. The quantitative estimate of drug-likeness (QED) is 0.732. The van der Waals surface area contributed by atoms with Gasteiger partial charge in [0.15, 0.2) is 11.5 Å². The summed E-state index contributed by atoms with van der Waals surface area (Å²) in [6.45, 7) is 0. The predicted molar refractivity (Wildman–Crippen MR) is 84.6 cm³/mol. The number of nitrogens with one attached hydrogen (secondary N) is 1. The molecule has 1 N–H and O–H groups in total. The maximum Gasteiger partial charge on any atom is 0.319 e. The van der Waals surface area contributed by atoms with E-state index in [0.29, 0.717) is 0 Å². The Kier molecular flexibility index (Phi) is 4.20. The number of methoxy groups -OCH3 is 1. The van der Waals surface area contributed by atoms with Crippen LogP contribution in [0.3, 0.4) is 0 Å². The Morgan fingerprint density at radius 3 is 2.58 bits per heavy atom. The predicted octanol–water partition coefficient (Wildman–Crippen LogP) is 2.38. The van der Waals surface area contributed by atoms with Crippen molar-refractivity contribution in [2.45, 2.75) is 5.16 Å². The molecule has 0 saturated heterocycles. The van der Waals surface area contributed by atoms with Gasteiger partial charge in [-0.05, 0) is 12.1 Å². The molecule has 126 valence electrons. The van der Waals surface area contributed by atoms with Crippen molar-refractivity contribution in [3.8, 4) is 6.01 Å². The van der Waals surface area contributed by atoms with Gasteiger partial charge >= 0.3 is 6.01 Å². The molecule has 8 nitrogen and oxygen atoms in total. The van der Waals surface area contributed by atoms with Crippen LogP contribution in [0, 0.1) is 5.82 Å². The molecule has 0 bridgehead atoms. The first-order chi connectivity index (χ1) is 11.3. The normalized spacial score (nSPS) is 11.7. The van der Waals surface area contributed by atoms with Crippen molar-refractivity contribution in [1.29, 1.82) is 0 Å². The third kappa shape index (κ3) is 2.83. The molecule has 0 fully saturated rings. The van der Waals surface area contributed by atoms with E-state index in [1.165, 1.54) is 19.2 Å². The summed E-state index contributed by atoms with van der Waals surface area (Å²) in [5, 5.41) is 3.19. The van der Waals surface area contributed by atoms with E-state index in [-0.39, 0.29) is 27.4 Å². The van der Waals surface area contributed by atoms with E-state index in [9.17, 15) is 12.8 Å². The largest absolute Gasteiger partial charge is 0.467 e. The van der Waals surface area contributed by atoms with Crippen molar-refractivity contribution in [1.82, 2.24) is 19.6 Å². The number of nitrogens with zero attached hydrogens (tertiary/aromatic N) is 4. The second kappa shape index (κ2) is 6.04. The van der Waals surface area contributed by atoms with E-state index in [1.807, 2.05) is 0 Å². The Morgan fingerprint density at radius 1 is 1.29 bits per heavy atom. The molecule has 0 amide bonds. The molecule has 3 rings (SSSR count). The van der Waals surface area contributed by atoms with Gasteiger partial charge in [0.2, 0.25) is 0 Å². The molecule has 0 spiro atoms. The van der Waals surface area contributed by atoms with E-state index < -0.39 is 21.0 Å². The standard InChI is InChI=1S/C12H8Cl2FN5O3S/c1-23-12-16-5-8(15)10-17-11(18-20(10)12)24(21,22)19-9-6(13)3-2-4-7(9)14/h2-5,19H,1H3. The molecular weight excluding hydrogens is 384 g/mol. The number of hydrogen-bond acceptors (Lipinski definition) is 6. The molecule has 0 saturated carbocycles. The highest BCUT2D eigenvalue weighted by molar-refractivity contribution is 7.92. The van der Waals surface area contributed by atoms with Gasteiger partial charge in [0.25, 0.3) is 15.2 Å². The maximum atomic E-state index is 13.8. The highest BCUT2D eigenvalue weighted by atomic mass is 35.5. The molecular formula is C12H8Cl2FN5O3S. The van der Waals surface area contributed by atoms with Crippen LogP contribution in [0.15, 0.2) is 29.6 Å². The van der Waals surface area contributed by atoms with E-state index in [1.54, 1.807) is 6.07 Å². The molecule has 12 heteroatoms. The molecule has 2 heterocycles. The smallest absolute Gasteiger partial charge is 0.319 e. The van der Waals surface area contributed by atoms with Crippen LogP contribution in [0.25, 0.3) is 5.65 Å². The Balaban J connectivity index is 2.11. The molecule has 0 radical (unpaired) electrons. The van der Waals surface area contributed by atoms with Crippen molar-refractivity contribution in [3.63, 3.8) is 0 Å². The lowest BCUT2D eigenvalue weighted by Crippen LogP contribution is -2.15. The van der Waals surface area contributed by atoms with Crippen LogP contribution in [0.4, 0.5) is 10.1 Å². The van der Waals surface area contributed by atoms with Crippen LogP contribution in [0.5, 0.6) is 6.01 Å². The number of halogens is 3. The van der Waals surface area contributed by atoms with Crippen LogP contribution in [-0.2, 0) is 10.0 Å². The van der Waals surface area contributed by atoms with Crippen LogP contribution in [0.2, 0.25) is 10.0 Å². The lowest BCUT2D eigenvalue weighted by molar-refractivity contribution is 0.363. The van der Waals surface area contributed by atoms with Gasteiger partial charge in [0, 0.05) is 0 Å². The fourth-order valence-electron chi connectivity index (χ4n) is 1.83. The molecule has 0 aliphatic rings. The summed E-state index contributed by atoms with van der Waals surface area (Å²) >= 11 is 11.9. The molecule has 0 aliphatic heterocycles. The third-order valence-corrected chi connectivity index (χ3v) is 4.65. The summed E-state index contributed by atoms with van der Waals surface area (Å²) in [6, 6.07) is 4.33. The van der Waals surface area contributed by atoms with E-state index in [0.717, 1.165) is 10.7 Å². The van der Waals surface area contributed by atoms with E-state index in [4.69, 9.17) is 27.9 Å². The number of anilines is 1. The minimum absolute atomic E-state index is 0.0368. The number of para-hydroxylation sites is 1. The number of sulfonamides is 1. The second-order valence-corrected chi connectivity index (χ2v) is 6.82. The minimum Gasteiger partial charge on any atom is -0.467 e. The van der Waals surface area contributed by atoms with Gasteiger partial charge in [0.05, 0.1) is 29.0 Å². The van der Waals surface area contributed by atoms with Crippen LogP contribution in [0.1, 0.15) is 0 Å². The van der Waals surface area contributed by atoms with Crippen LogP contribution >= 0.6 is 23.2 Å². The van der Waals surface area contributed by atoms with Gasteiger partial charge in [-0.15, -0.1) is 5.10 Å². The Bertz CT molecular complexity index is 1020. The van der Waals surface area contributed by atoms with E-state index in [2.05, 4.69) is 19.8 Å². The fraction of sp³-hybridized carbons (Fsp3) is 0.0833. The van der Waals surface area contributed by atoms with Gasteiger partial charge in [0.1, 0.15) is 0 Å². The summed E-state index contributed by atoms with van der Waals surface area (Å²) < 4.78 is 46.5. The zero-order valence-electron chi connectivity index (χ0n) is 11.9. The maximum absolute atomic E-state index is 13.8. The van der Waals surface area contributed by atoms with Gasteiger partial charge < -0.3 is 4.74 Å². The first kappa shape index (κ1) is 16.7. The summed E-state index contributed by atoms with van der Waals surface area (Å²) in [5.74, 6) is -0.861. The van der Waals surface area contributed by atoms with Gasteiger partial charge in [-0.2, -0.15) is 17.9 Å². The monoisotopic (exact) mass is 391 g/mol. The molecule has 1 aromatic carbocycles. The molecule has 3 aromatic rings. The Morgan fingerprint density at radius 2 is 1.96 bits per heavy atom. The van der Waals surface area contributed by atoms with Gasteiger partial charge in [-0.3, -0.25) is 4.72 Å². The first-order valence-corrected chi connectivity index (χ1v) is 8.49. The summed E-state index contributed by atoms with van der Waals surface area (Å²) in [5.41, 5.74) is -0.391. The number of rotatable bonds is 4. The highest BCUT2D eigenvalue weighted by Crippen LogP contribution is 2.31. The van der Waals surface area contributed by atoms with Crippen LogP contribution in [-0.4, -0.2) is 35.1 Å². The zero-order chi connectivity index (χ0) is 17.5. The first-order valence-electron chi connectivity index (χ1n) is 6.25. The SMILES string of the molecule is COc1ncc(F)c2nc(S(=O)(=O)Nc3c(Cl)cccc3Cl)nn12. The average molecular weight is 392 g/mol. The summed E-state index contributed by atoms with van der Waals surface area (Å²) in [6.07, 6.45) is 0.845. The van der Waals surface area contributed by atoms with E-state index >= 15 is 0 Å². The molecule has 0 aliphatic carbocycles. The van der Waals surface area contributed by atoms with Gasteiger partial charge in [-0.1, -0.05) is 29.3 Å². The Hall–Kier alpha value is -2.17. The number of hydrogen-bond donors (Lipinski definition) is 1. The minimum atomic E-state index is -4.27. The average Bonchev–Trinajstić information content (AvgIpc) is 2.99. The number of ether oxygens (including phenoxy) is 1. The van der Waals surface area contributed by atoms with Gasteiger partial charge in [-0.25, -0.2) is 9.37 Å². The Labute approximate surface area is 145 Å². The molecule has 0 unspecified atom stereocenters. The van der Waals surface area contributed by atoms with Crippen molar-refractivity contribution in [2.24, 2.45) is 0 Å². The zero-order valence-corrected chi connectivity index (χ0v) is 14.2. The third-order valence-electron chi connectivity index (χ3n) is 2.89. The lowest BCUT2D eigenvalue weighted by atomic mass is 10.3. The molecule has 0 atom stereocenters. The van der Waals surface area contributed by atoms with Crippen molar-refractivity contribution < 1.29 is 17.5 Å². The topological polar surface area (TPSA) is 98.5 Å². The van der Waals surface area contributed by atoms with Crippen molar-refractivity contribution in [3.05, 3.63) is 40.3 Å². The lowest BCUT2D eigenvalue weighted by Gasteiger charge is -2.08. The number of benzene rings is 1. The highest BCUT2D eigenvalue weighted by Gasteiger charge is 2.25. The number of fused-ring (bicyclic) bond motifs is 1. The summed E-state index contributed by atoms with van der Waals surface area (Å²) in [7, 11) is -3.00. The van der Waals surface area contributed by atoms with Crippen molar-refractivity contribution in [2.75, 3.05) is 11.8 Å². The number of aromatic nitrogens is 4. The molecule has 24 heavy (non-hydrogen) atoms. The summed E-state index contributed by atoms with van der Waals surface area (Å²) in [4.78, 5) is 7.31. The fourth-order valence-corrected chi connectivity index (χ4v) is 3.41.